The van der Waals surface area contributed by atoms with Gasteiger partial charge in [0.2, 0.25) is 0 Å². The highest BCUT2D eigenvalue weighted by Crippen LogP contribution is 2.55. The van der Waals surface area contributed by atoms with E-state index in [0.717, 1.165) is 22.6 Å². The number of hydrogen-bond acceptors (Lipinski definition) is 0. The maximum absolute atomic E-state index is 13.2. The summed E-state index contributed by atoms with van der Waals surface area (Å²) in [5.74, 6) is -20.1. The molecule has 20 heavy (non-hydrogen) atoms. The zero-order chi connectivity index (χ0) is 16.6. The van der Waals surface area contributed by atoms with Crippen molar-refractivity contribution in [1.82, 2.24) is 0 Å². The summed E-state index contributed by atoms with van der Waals surface area (Å²) in [6, 6.07) is 0. The standard InChI is InChI=1S/C9H9F10I/c1-2-3-4(20)5(10)6(11,12)7(13,14)8(15,16)9(17,18)19/h4-5H,2-3H2,1H3. The summed E-state index contributed by atoms with van der Waals surface area (Å²) in [6.07, 6.45) is -11.1. The number of hydrogen-bond donors (Lipinski definition) is 0. The molecule has 0 radical (unpaired) electrons. The van der Waals surface area contributed by atoms with Gasteiger partial charge in [0.25, 0.3) is 0 Å². The molecule has 0 saturated carbocycles. The fourth-order valence-corrected chi connectivity index (χ4v) is 2.28. The van der Waals surface area contributed by atoms with E-state index < -0.39 is 34.0 Å². The highest BCUT2D eigenvalue weighted by molar-refractivity contribution is 14.1. The second-order valence-electron chi connectivity index (χ2n) is 3.98. The Morgan fingerprint density at radius 3 is 1.55 bits per heavy atom. The highest BCUT2D eigenvalue weighted by atomic mass is 127. The van der Waals surface area contributed by atoms with Gasteiger partial charge >= 0.3 is 23.9 Å². The van der Waals surface area contributed by atoms with E-state index in [1.165, 1.54) is 6.92 Å². The van der Waals surface area contributed by atoms with Gasteiger partial charge in [-0.3, -0.25) is 0 Å². The number of alkyl halides is 11. The van der Waals surface area contributed by atoms with Crippen LogP contribution in [0.3, 0.4) is 0 Å². The predicted molar refractivity (Wildman–Crippen MR) is 58.5 cm³/mol. The van der Waals surface area contributed by atoms with Crippen molar-refractivity contribution < 1.29 is 43.9 Å². The van der Waals surface area contributed by atoms with Crippen molar-refractivity contribution >= 4 is 22.6 Å². The molecule has 0 saturated heterocycles. The molecule has 0 heterocycles. The van der Waals surface area contributed by atoms with Crippen molar-refractivity contribution in [3.8, 4) is 0 Å². The third-order valence-corrected chi connectivity index (χ3v) is 3.65. The molecule has 0 bridgehead atoms. The van der Waals surface area contributed by atoms with Crippen LogP contribution in [0, 0.1) is 0 Å². The molecule has 0 aromatic rings. The Labute approximate surface area is 121 Å². The van der Waals surface area contributed by atoms with Crippen LogP contribution in [-0.4, -0.2) is 34.0 Å². The SMILES string of the molecule is CCCC(I)C(F)C(F)(F)C(F)(F)C(F)(F)C(F)(F)F. The molecule has 0 aliphatic carbocycles. The molecule has 122 valence electrons. The third kappa shape index (κ3) is 3.26. The summed E-state index contributed by atoms with van der Waals surface area (Å²) < 4.78 is 124. The van der Waals surface area contributed by atoms with E-state index in [2.05, 4.69) is 0 Å². The van der Waals surface area contributed by atoms with Crippen molar-refractivity contribution in [2.75, 3.05) is 0 Å². The van der Waals surface area contributed by atoms with Gasteiger partial charge < -0.3 is 0 Å². The van der Waals surface area contributed by atoms with Gasteiger partial charge in [0.1, 0.15) is 0 Å². The first-order valence-corrected chi connectivity index (χ1v) is 6.37. The molecule has 0 aliphatic heterocycles. The summed E-state index contributed by atoms with van der Waals surface area (Å²) in [6.45, 7) is 1.37. The molecule has 0 aromatic heterocycles. The Balaban J connectivity index is 5.57. The summed E-state index contributed by atoms with van der Waals surface area (Å²) in [5.41, 5.74) is 0. The molecule has 0 aliphatic rings. The first-order valence-electron chi connectivity index (χ1n) is 5.12. The van der Waals surface area contributed by atoms with Crippen LogP contribution in [0.5, 0.6) is 0 Å². The lowest BCUT2D eigenvalue weighted by Crippen LogP contribution is -2.64. The Hall–Kier alpha value is 0.0300. The summed E-state index contributed by atoms with van der Waals surface area (Å²) >= 11 is 0.967. The summed E-state index contributed by atoms with van der Waals surface area (Å²) in [7, 11) is 0. The minimum absolute atomic E-state index is 0.0609. The van der Waals surface area contributed by atoms with Gasteiger partial charge in [0.05, 0.1) is 0 Å². The van der Waals surface area contributed by atoms with Gasteiger partial charge in [-0.15, -0.1) is 0 Å². The molecule has 2 atom stereocenters. The van der Waals surface area contributed by atoms with Crippen LogP contribution in [0.25, 0.3) is 0 Å². The van der Waals surface area contributed by atoms with Crippen LogP contribution in [0.2, 0.25) is 0 Å². The van der Waals surface area contributed by atoms with Crippen LogP contribution in [-0.2, 0) is 0 Å². The van der Waals surface area contributed by atoms with Crippen LogP contribution >= 0.6 is 22.6 Å². The molecular weight excluding hydrogens is 425 g/mol. The minimum Gasteiger partial charge on any atom is -0.239 e. The lowest BCUT2D eigenvalue weighted by atomic mass is 9.97. The maximum atomic E-state index is 13.2. The zero-order valence-corrected chi connectivity index (χ0v) is 11.9. The van der Waals surface area contributed by atoms with Crippen molar-refractivity contribution in [2.45, 2.75) is 53.8 Å². The van der Waals surface area contributed by atoms with Crippen LogP contribution < -0.4 is 0 Å². The lowest BCUT2D eigenvalue weighted by molar-refractivity contribution is -0.402. The minimum atomic E-state index is -7.05. The lowest BCUT2D eigenvalue weighted by Gasteiger charge is -2.36. The first-order chi connectivity index (χ1) is 8.64. The molecule has 0 aromatic carbocycles. The summed E-state index contributed by atoms with van der Waals surface area (Å²) in [5, 5.41) is 0. The molecule has 11 heteroatoms. The largest absolute Gasteiger partial charge is 0.460 e. The normalized spacial score (nSPS) is 18.0. The maximum Gasteiger partial charge on any atom is 0.460 e. The van der Waals surface area contributed by atoms with Crippen molar-refractivity contribution in [1.29, 1.82) is 0 Å². The second kappa shape index (κ2) is 6.03. The number of rotatable bonds is 6. The van der Waals surface area contributed by atoms with Crippen molar-refractivity contribution in [3.63, 3.8) is 0 Å². The third-order valence-electron chi connectivity index (χ3n) is 2.40. The average molecular weight is 434 g/mol. The topological polar surface area (TPSA) is 0 Å². The fourth-order valence-electron chi connectivity index (χ4n) is 1.21. The van der Waals surface area contributed by atoms with E-state index in [0.29, 0.717) is 0 Å². The molecule has 0 rings (SSSR count). The Kier molecular flexibility index (Phi) is 6.04. The van der Waals surface area contributed by atoms with Gasteiger partial charge in [0, 0.05) is 3.92 Å². The van der Waals surface area contributed by atoms with E-state index in [9.17, 15) is 43.9 Å². The number of halogens is 11. The van der Waals surface area contributed by atoms with Gasteiger partial charge in [0.15, 0.2) is 6.17 Å². The van der Waals surface area contributed by atoms with Gasteiger partial charge in [-0.1, -0.05) is 35.9 Å². The van der Waals surface area contributed by atoms with Crippen LogP contribution in [0.4, 0.5) is 43.9 Å². The van der Waals surface area contributed by atoms with E-state index >= 15 is 0 Å². The molecule has 0 amide bonds. The molecule has 0 spiro atoms. The second-order valence-corrected chi connectivity index (χ2v) is 5.58. The summed E-state index contributed by atoms with van der Waals surface area (Å²) in [4.78, 5) is 0. The average Bonchev–Trinajstić information content (AvgIpc) is 2.26. The van der Waals surface area contributed by atoms with E-state index in [-0.39, 0.29) is 12.8 Å². The molecule has 0 nitrogen and oxygen atoms in total. The van der Waals surface area contributed by atoms with E-state index in [1.807, 2.05) is 0 Å². The monoisotopic (exact) mass is 434 g/mol. The van der Waals surface area contributed by atoms with Crippen molar-refractivity contribution in [2.24, 2.45) is 0 Å². The molecule has 2 unspecified atom stereocenters. The Morgan fingerprint density at radius 1 is 0.850 bits per heavy atom. The quantitative estimate of drug-likeness (QED) is 0.299. The molecular formula is C9H9F10I. The first kappa shape index (κ1) is 20.0. The molecule has 0 N–H and O–H groups in total. The van der Waals surface area contributed by atoms with Gasteiger partial charge in [-0.05, 0) is 6.42 Å². The molecule has 0 fully saturated rings. The van der Waals surface area contributed by atoms with E-state index in [1.54, 1.807) is 0 Å². The smallest absolute Gasteiger partial charge is 0.239 e. The van der Waals surface area contributed by atoms with Gasteiger partial charge in [-0.25, -0.2) is 4.39 Å². The van der Waals surface area contributed by atoms with Crippen LogP contribution in [0.15, 0.2) is 0 Å². The fraction of sp³-hybridized carbons (Fsp3) is 1.00. The van der Waals surface area contributed by atoms with Gasteiger partial charge in [-0.2, -0.15) is 39.5 Å². The Morgan fingerprint density at radius 2 is 1.25 bits per heavy atom. The van der Waals surface area contributed by atoms with E-state index in [4.69, 9.17) is 0 Å². The highest BCUT2D eigenvalue weighted by Gasteiger charge is 2.83. The Bertz CT molecular complexity index is 323. The van der Waals surface area contributed by atoms with Crippen LogP contribution in [0.1, 0.15) is 19.8 Å². The van der Waals surface area contributed by atoms with Crippen molar-refractivity contribution in [3.05, 3.63) is 0 Å². The zero-order valence-electron chi connectivity index (χ0n) is 9.73. The predicted octanol–water partition coefficient (Wildman–Crippen LogP) is 5.40.